The van der Waals surface area contributed by atoms with Gasteiger partial charge in [-0.15, -0.1) is 11.8 Å². The molecule has 1 aliphatic heterocycles. The molecule has 4 nitrogen and oxygen atoms in total. The van der Waals surface area contributed by atoms with E-state index in [-0.39, 0.29) is 21.8 Å². The minimum absolute atomic E-state index is 0.0706. The number of aromatic nitrogens is 2. The van der Waals surface area contributed by atoms with E-state index in [9.17, 15) is 13.9 Å². The molecule has 0 radical (unpaired) electrons. The molecular formula is C17H16ClF2N3OS. The van der Waals surface area contributed by atoms with Crippen molar-refractivity contribution in [3.63, 3.8) is 0 Å². The van der Waals surface area contributed by atoms with Crippen LogP contribution in [0.25, 0.3) is 17.0 Å². The summed E-state index contributed by atoms with van der Waals surface area (Å²) in [7, 11) is 0. The van der Waals surface area contributed by atoms with Crippen LogP contribution in [0.5, 0.6) is 5.75 Å². The normalized spacial score (nSPS) is 17.3. The third kappa shape index (κ3) is 3.67. The Hall–Kier alpha value is -1.99. The zero-order valence-electron chi connectivity index (χ0n) is 13.5. The summed E-state index contributed by atoms with van der Waals surface area (Å²) in [6, 6.07) is 5.88. The van der Waals surface area contributed by atoms with Crippen LogP contribution in [0.2, 0.25) is 5.02 Å². The van der Waals surface area contributed by atoms with E-state index >= 15 is 0 Å². The number of nitrogens with one attached hydrogen (secondary N) is 1. The molecule has 1 aromatic carbocycles. The van der Waals surface area contributed by atoms with Gasteiger partial charge in [0, 0.05) is 18.7 Å². The number of hydrogen-bond acceptors (Lipinski definition) is 4. The van der Waals surface area contributed by atoms with Crippen molar-refractivity contribution in [1.29, 1.82) is 0 Å². The molecule has 2 aromatic rings. The molecule has 1 aromatic heterocycles. The SMILES string of the molecule is CSC1C=CC(n2nc(C(C)(F)F)cc2-c2ccc(O)c(Cl)c2)=CN1. The predicted molar refractivity (Wildman–Crippen MR) is 97.8 cm³/mol. The lowest BCUT2D eigenvalue weighted by Crippen LogP contribution is -2.22. The summed E-state index contributed by atoms with van der Waals surface area (Å²) in [5.41, 5.74) is 1.32. The van der Waals surface area contributed by atoms with Crippen LogP contribution in [0.3, 0.4) is 0 Å². The van der Waals surface area contributed by atoms with Crippen LogP contribution in [0.1, 0.15) is 12.6 Å². The van der Waals surface area contributed by atoms with Crippen LogP contribution in [0, 0.1) is 0 Å². The minimum Gasteiger partial charge on any atom is -0.506 e. The smallest absolute Gasteiger partial charge is 0.288 e. The van der Waals surface area contributed by atoms with Gasteiger partial charge in [-0.25, -0.2) is 4.68 Å². The van der Waals surface area contributed by atoms with Gasteiger partial charge in [0.2, 0.25) is 0 Å². The summed E-state index contributed by atoms with van der Waals surface area (Å²) in [5, 5.41) is 17.1. The first-order chi connectivity index (χ1) is 11.8. The van der Waals surface area contributed by atoms with E-state index in [1.165, 1.54) is 22.9 Å². The van der Waals surface area contributed by atoms with E-state index < -0.39 is 5.92 Å². The number of alkyl halides is 2. The topological polar surface area (TPSA) is 50.1 Å². The molecule has 8 heteroatoms. The third-order valence-electron chi connectivity index (χ3n) is 3.74. The molecule has 0 saturated heterocycles. The van der Waals surface area contributed by atoms with Crippen LogP contribution in [0.15, 0.2) is 42.6 Å². The number of phenolic OH excluding ortho intramolecular Hbond substituents is 1. The molecule has 0 amide bonds. The van der Waals surface area contributed by atoms with Gasteiger partial charge in [0.25, 0.3) is 5.92 Å². The number of hydrogen-bond donors (Lipinski definition) is 2. The van der Waals surface area contributed by atoms with Gasteiger partial charge in [-0.3, -0.25) is 0 Å². The minimum atomic E-state index is -3.07. The van der Waals surface area contributed by atoms with E-state index in [1.807, 2.05) is 18.4 Å². The number of halogens is 3. The predicted octanol–water partition coefficient (Wildman–Crippen LogP) is 4.67. The lowest BCUT2D eigenvalue weighted by Gasteiger charge is -2.18. The van der Waals surface area contributed by atoms with Gasteiger partial charge in [-0.1, -0.05) is 17.7 Å². The summed E-state index contributed by atoms with van der Waals surface area (Å²) < 4.78 is 29.0. The first-order valence-corrected chi connectivity index (χ1v) is 9.11. The average molecular weight is 384 g/mol. The molecule has 1 unspecified atom stereocenters. The zero-order chi connectivity index (χ0) is 18.2. The number of aromatic hydroxyl groups is 1. The molecule has 2 heterocycles. The van der Waals surface area contributed by atoms with Crippen molar-refractivity contribution in [2.75, 3.05) is 6.26 Å². The first kappa shape index (κ1) is 17.8. The second-order valence-corrected chi connectivity index (χ2v) is 7.02. The maximum Gasteiger partial charge on any atom is 0.288 e. The summed E-state index contributed by atoms with van der Waals surface area (Å²) >= 11 is 7.58. The molecule has 132 valence electrons. The molecule has 3 rings (SSSR count). The van der Waals surface area contributed by atoms with Gasteiger partial charge in [-0.2, -0.15) is 13.9 Å². The molecule has 1 atom stereocenters. The average Bonchev–Trinajstić information content (AvgIpc) is 3.03. The van der Waals surface area contributed by atoms with Crippen molar-refractivity contribution in [2.45, 2.75) is 18.2 Å². The molecule has 0 saturated carbocycles. The fourth-order valence-electron chi connectivity index (χ4n) is 2.40. The van der Waals surface area contributed by atoms with Gasteiger partial charge in [0.15, 0.2) is 0 Å². The number of nitrogens with zero attached hydrogens (tertiary/aromatic N) is 2. The highest BCUT2D eigenvalue weighted by molar-refractivity contribution is 7.99. The number of allylic oxidation sites excluding steroid dienone is 2. The van der Waals surface area contributed by atoms with Crippen LogP contribution >= 0.6 is 23.4 Å². The maximum atomic E-state index is 13.8. The van der Waals surface area contributed by atoms with Crippen molar-refractivity contribution in [2.24, 2.45) is 0 Å². The van der Waals surface area contributed by atoms with Crippen LogP contribution < -0.4 is 5.32 Å². The Labute approximate surface area is 153 Å². The van der Waals surface area contributed by atoms with Crippen molar-refractivity contribution in [1.82, 2.24) is 15.1 Å². The first-order valence-electron chi connectivity index (χ1n) is 7.44. The number of phenols is 1. The summed E-state index contributed by atoms with van der Waals surface area (Å²) in [5.74, 6) is -3.15. The van der Waals surface area contributed by atoms with Crippen molar-refractivity contribution < 1.29 is 13.9 Å². The number of benzene rings is 1. The standard InChI is InChI=1S/C17H16ClF2N3OS/c1-17(19,20)15-8-13(10-3-5-14(24)12(18)7-10)23(22-15)11-4-6-16(25-2)21-9-11/h3-9,16,21,24H,1-2H3. The fraction of sp³-hybridized carbons (Fsp3) is 0.235. The lowest BCUT2D eigenvalue weighted by molar-refractivity contribution is 0.0124. The summed E-state index contributed by atoms with van der Waals surface area (Å²) in [6.07, 6.45) is 7.46. The van der Waals surface area contributed by atoms with E-state index in [2.05, 4.69) is 10.4 Å². The highest BCUT2D eigenvalue weighted by atomic mass is 35.5. The Bertz CT molecular complexity index is 858. The van der Waals surface area contributed by atoms with E-state index in [4.69, 9.17) is 11.6 Å². The highest BCUT2D eigenvalue weighted by Crippen LogP contribution is 2.35. The van der Waals surface area contributed by atoms with Crippen molar-refractivity contribution >= 4 is 29.1 Å². The van der Waals surface area contributed by atoms with Gasteiger partial charge >= 0.3 is 0 Å². The van der Waals surface area contributed by atoms with E-state index in [0.717, 1.165) is 6.92 Å². The van der Waals surface area contributed by atoms with E-state index in [0.29, 0.717) is 17.0 Å². The Morgan fingerprint density at radius 3 is 2.68 bits per heavy atom. The molecular weight excluding hydrogens is 368 g/mol. The monoisotopic (exact) mass is 383 g/mol. The molecule has 0 bridgehead atoms. The quantitative estimate of drug-likeness (QED) is 0.805. The van der Waals surface area contributed by atoms with E-state index in [1.54, 1.807) is 24.0 Å². The van der Waals surface area contributed by atoms with Gasteiger partial charge < -0.3 is 10.4 Å². The number of rotatable bonds is 4. The Morgan fingerprint density at radius 2 is 2.12 bits per heavy atom. The zero-order valence-corrected chi connectivity index (χ0v) is 15.1. The van der Waals surface area contributed by atoms with Crippen LogP contribution in [-0.4, -0.2) is 26.5 Å². The van der Waals surface area contributed by atoms with Gasteiger partial charge in [-0.05, 0) is 36.6 Å². The molecule has 0 aliphatic carbocycles. The molecule has 2 N–H and O–H groups in total. The number of dihydropyridines is 1. The largest absolute Gasteiger partial charge is 0.506 e. The highest BCUT2D eigenvalue weighted by Gasteiger charge is 2.30. The number of thioether (sulfide) groups is 1. The van der Waals surface area contributed by atoms with Gasteiger partial charge in [0.1, 0.15) is 11.4 Å². The third-order valence-corrected chi connectivity index (χ3v) is 4.84. The molecule has 0 spiro atoms. The molecule has 0 fully saturated rings. The maximum absolute atomic E-state index is 13.8. The summed E-state index contributed by atoms with van der Waals surface area (Å²) in [6.45, 7) is 0.806. The Kier molecular flexibility index (Phi) is 4.79. The summed E-state index contributed by atoms with van der Waals surface area (Å²) in [4.78, 5) is 0. The Balaban J connectivity index is 2.11. The van der Waals surface area contributed by atoms with Gasteiger partial charge in [0.05, 0.1) is 21.8 Å². The Morgan fingerprint density at radius 1 is 1.36 bits per heavy atom. The van der Waals surface area contributed by atoms with Crippen LogP contribution in [0.4, 0.5) is 8.78 Å². The lowest BCUT2D eigenvalue weighted by atomic mass is 10.1. The second-order valence-electron chi connectivity index (χ2n) is 5.63. The van der Waals surface area contributed by atoms with Crippen molar-refractivity contribution in [3.8, 4) is 17.0 Å². The second kappa shape index (κ2) is 6.72. The van der Waals surface area contributed by atoms with Crippen LogP contribution in [-0.2, 0) is 5.92 Å². The fourth-order valence-corrected chi connectivity index (χ4v) is 3.02. The molecule has 1 aliphatic rings. The molecule has 25 heavy (non-hydrogen) atoms. The van der Waals surface area contributed by atoms with Crippen molar-refractivity contribution in [3.05, 3.63) is 53.3 Å².